The van der Waals surface area contributed by atoms with Crippen LogP contribution in [0.25, 0.3) is 0 Å². The summed E-state index contributed by atoms with van der Waals surface area (Å²) in [5.74, 6) is -0.383. The predicted molar refractivity (Wildman–Crippen MR) is 71.5 cm³/mol. The highest BCUT2D eigenvalue weighted by molar-refractivity contribution is 5.79. The second kappa shape index (κ2) is 8.63. The van der Waals surface area contributed by atoms with Crippen molar-refractivity contribution in [2.75, 3.05) is 19.8 Å². The van der Waals surface area contributed by atoms with Crippen LogP contribution in [-0.2, 0) is 14.3 Å². The highest BCUT2D eigenvalue weighted by Gasteiger charge is 2.22. The molecule has 1 amide bonds. The molecule has 0 heterocycles. The molecule has 1 atom stereocenters. The van der Waals surface area contributed by atoms with Crippen molar-refractivity contribution in [3.8, 4) is 0 Å². The van der Waals surface area contributed by atoms with Crippen LogP contribution in [0.15, 0.2) is 30.3 Å². The molecule has 0 saturated carbocycles. The highest BCUT2D eigenvalue weighted by atomic mass is 16.7. The van der Waals surface area contributed by atoms with E-state index >= 15 is 0 Å². The fraction of sp³-hybridized carbons (Fsp3) is 0.500. The summed E-state index contributed by atoms with van der Waals surface area (Å²) in [6, 6.07) is 8.81. The number of benzene rings is 1. The van der Waals surface area contributed by atoms with Gasteiger partial charge in [-0.05, 0) is 19.4 Å². The first kappa shape index (κ1) is 15.6. The standard InChI is InChI=1S/C14H21NO4/c1-3-18-14(19-4-2)13(17)15-12(10-16)11-8-6-5-7-9-11/h5-9,12,14,16H,3-4,10H2,1-2H3,(H,15,17)/t12-/m1/s1. The molecule has 0 bridgehead atoms. The summed E-state index contributed by atoms with van der Waals surface area (Å²) in [5.41, 5.74) is 0.838. The Morgan fingerprint density at radius 2 is 1.79 bits per heavy atom. The van der Waals surface area contributed by atoms with Crippen molar-refractivity contribution in [2.24, 2.45) is 0 Å². The molecule has 1 aromatic carbocycles. The summed E-state index contributed by atoms with van der Waals surface area (Å²) in [4.78, 5) is 12.0. The van der Waals surface area contributed by atoms with Gasteiger partial charge in [0.1, 0.15) is 0 Å². The van der Waals surface area contributed by atoms with E-state index in [4.69, 9.17) is 9.47 Å². The zero-order chi connectivity index (χ0) is 14.1. The molecule has 0 saturated heterocycles. The average molecular weight is 267 g/mol. The van der Waals surface area contributed by atoms with E-state index in [1.54, 1.807) is 13.8 Å². The van der Waals surface area contributed by atoms with Gasteiger partial charge in [-0.2, -0.15) is 0 Å². The SMILES string of the molecule is CCOC(OCC)C(=O)N[C@H](CO)c1ccccc1. The smallest absolute Gasteiger partial charge is 0.277 e. The molecular weight excluding hydrogens is 246 g/mol. The Morgan fingerprint density at radius 1 is 1.21 bits per heavy atom. The van der Waals surface area contributed by atoms with Crippen LogP contribution in [0, 0.1) is 0 Å². The molecule has 0 unspecified atom stereocenters. The van der Waals surface area contributed by atoms with Gasteiger partial charge < -0.3 is 19.9 Å². The molecule has 0 aliphatic rings. The van der Waals surface area contributed by atoms with Crippen LogP contribution in [-0.4, -0.2) is 37.1 Å². The van der Waals surface area contributed by atoms with E-state index < -0.39 is 12.3 Å². The van der Waals surface area contributed by atoms with E-state index in [-0.39, 0.29) is 12.5 Å². The Balaban J connectivity index is 2.66. The van der Waals surface area contributed by atoms with Crippen LogP contribution >= 0.6 is 0 Å². The molecule has 106 valence electrons. The number of aliphatic hydroxyl groups excluding tert-OH is 1. The summed E-state index contributed by atoms with van der Waals surface area (Å²) < 4.78 is 10.4. The quantitative estimate of drug-likeness (QED) is 0.695. The summed E-state index contributed by atoms with van der Waals surface area (Å²) >= 11 is 0. The molecule has 19 heavy (non-hydrogen) atoms. The number of rotatable bonds is 8. The second-order valence-electron chi connectivity index (χ2n) is 3.90. The van der Waals surface area contributed by atoms with Gasteiger partial charge in [0.15, 0.2) is 0 Å². The number of hydrogen-bond donors (Lipinski definition) is 2. The maximum atomic E-state index is 12.0. The van der Waals surface area contributed by atoms with Crippen LogP contribution < -0.4 is 5.32 Å². The molecule has 0 fully saturated rings. The van der Waals surface area contributed by atoms with Gasteiger partial charge in [0, 0.05) is 13.2 Å². The maximum Gasteiger partial charge on any atom is 0.277 e. The summed E-state index contributed by atoms with van der Waals surface area (Å²) in [6.45, 7) is 4.17. The van der Waals surface area contributed by atoms with Crippen molar-refractivity contribution < 1.29 is 19.4 Å². The van der Waals surface area contributed by atoms with Crippen molar-refractivity contribution in [3.63, 3.8) is 0 Å². The Morgan fingerprint density at radius 3 is 2.26 bits per heavy atom. The molecule has 0 aliphatic heterocycles. The Bertz CT molecular complexity index is 363. The summed E-state index contributed by atoms with van der Waals surface area (Å²) in [5, 5.41) is 12.1. The monoisotopic (exact) mass is 267 g/mol. The first-order valence-electron chi connectivity index (χ1n) is 6.42. The second-order valence-corrected chi connectivity index (χ2v) is 3.90. The van der Waals surface area contributed by atoms with Gasteiger partial charge in [0.05, 0.1) is 12.6 Å². The first-order chi connectivity index (χ1) is 9.22. The largest absolute Gasteiger partial charge is 0.394 e. The third kappa shape index (κ3) is 4.98. The van der Waals surface area contributed by atoms with Crippen LogP contribution in [0.1, 0.15) is 25.5 Å². The number of ether oxygens (including phenoxy) is 2. The number of carbonyl (C=O) groups is 1. The van der Waals surface area contributed by atoms with Gasteiger partial charge in [-0.25, -0.2) is 0 Å². The highest BCUT2D eigenvalue weighted by Crippen LogP contribution is 2.12. The van der Waals surface area contributed by atoms with Gasteiger partial charge in [0.2, 0.25) is 6.29 Å². The molecule has 5 heteroatoms. The zero-order valence-corrected chi connectivity index (χ0v) is 11.3. The number of aliphatic hydroxyl groups is 1. The molecule has 0 spiro atoms. The minimum absolute atomic E-state index is 0.180. The van der Waals surface area contributed by atoms with E-state index in [0.29, 0.717) is 13.2 Å². The first-order valence-corrected chi connectivity index (χ1v) is 6.42. The van der Waals surface area contributed by atoms with Crippen LogP contribution in [0.4, 0.5) is 0 Å². The lowest BCUT2D eigenvalue weighted by Gasteiger charge is -2.21. The molecule has 2 N–H and O–H groups in total. The van der Waals surface area contributed by atoms with E-state index in [1.165, 1.54) is 0 Å². The van der Waals surface area contributed by atoms with E-state index in [0.717, 1.165) is 5.56 Å². The van der Waals surface area contributed by atoms with Crippen LogP contribution in [0.2, 0.25) is 0 Å². The van der Waals surface area contributed by atoms with E-state index in [2.05, 4.69) is 5.32 Å². The van der Waals surface area contributed by atoms with Crippen LogP contribution in [0.5, 0.6) is 0 Å². The van der Waals surface area contributed by atoms with Crippen molar-refractivity contribution in [2.45, 2.75) is 26.2 Å². The summed E-state index contributed by atoms with van der Waals surface area (Å²) in [6.07, 6.45) is -0.937. The predicted octanol–water partition coefficient (Wildman–Crippen LogP) is 1.24. The molecular formula is C14H21NO4. The van der Waals surface area contributed by atoms with Gasteiger partial charge in [-0.1, -0.05) is 30.3 Å². The Kier molecular flexibility index (Phi) is 7.10. The van der Waals surface area contributed by atoms with Crippen molar-refractivity contribution >= 4 is 5.91 Å². The fourth-order valence-electron chi connectivity index (χ4n) is 1.66. The van der Waals surface area contributed by atoms with Crippen LogP contribution in [0.3, 0.4) is 0 Å². The molecule has 1 aromatic rings. The lowest BCUT2D eigenvalue weighted by atomic mass is 10.1. The molecule has 0 radical (unpaired) electrons. The molecule has 1 rings (SSSR count). The minimum atomic E-state index is -0.937. The van der Waals surface area contributed by atoms with Gasteiger partial charge in [-0.15, -0.1) is 0 Å². The lowest BCUT2D eigenvalue weighted by Crippen LogP contribution is -2.41. The van der Waals surface area contributed by atoms with Crippen molar-refractivity contribution in [1.82, 2.24) is 5.32 Å². The number of hydrogen-bond acceptors (Lipinski definition) is 4. The Hall–Kier alpha value is -1.43. The van der Waals surface area contributed by atoms with Crippen molar-refractivity contribution in [3.05, 3.63) is 35.9 Å². The molecule has 0 aromatic heterocycles. The molecule has 5 nitrogen and oxygen atoms in total. The summed E-state index contributed by atoms with van der Waals surface area (Å²) in [7, 11) is 0. The van der Waals surface area contributed by atoms with E-state index in [1.807, 2.05) is 30.3 Å². The van der Waals surface area contributed by atoms with Gasteiger partial charge in [0.25, 0.3) is 5.91 Å². The topological polar surface area (TPSA) is 67.8 Å². The van der Waals surface area contributed by atoms with Gasteiger partial charge >= 0.3 is 0 Å². The average Bonchev–Trinajstić information content (AvgIpc) is 2.45. The fourth-order valence-corrected chi connectivity index (χ4v) is 1.66. The minimum Gasteiger partial charge on any atom is -0.394 e. The zero-order valence-electron chi connectivity index (χ0n) is 11.3. The normalized spacial score (nSPS) is 12.4. The third-order valence-corrected chi connectivity index (χ3v) is 2.55. The number of carbonyl (C=O) groups excluding carboxylic acids is 1. The van der Waals surface area contributed by atoms with E-state index in [9.17, 15) is 9.90 Å². The maximum absolute atomic E-state index is 12.0. The molecule has 0 aliphatic carbocycles. The third-order valence-electron chi connectivity index (χ3n) is 2.55. The van der Waals surface area contributed by atoms with Gasteiger partial charge in [-0.3, -0.25) is 4.79 Å². The van der Waals surface area contributed by atoms with Crippen molar-refractivity contribution in [1.29, 1.82) is 0 Å². The lowest BCUT2D eigenvalue weighted by molar-refractivity contribution is -0.171. The number of nitrogens with one attached hydrogen (secondary N) is 1. The number of amides is 1. The Labute approximate surface area is 113 Å².